The number of carbonyl (C=O) groups is 2. The summed E-state index contributed by atoms with van der Waals surface area (Å²) in [5.41, 5.74) is 0.507. The van der Waals surface area contributed by atoms with Crippen molar-refractivity contribution in [1.29, 1.82) is 0 Å². The Hall–Kier alpha value is -3.72. The average Bonchev–Trinajstić information content (AvgIpc) is 2.86. The largest absolute Gasteiger partial charge is 0.352 e. The predicted octanol–water partition coefficient (Wildman–Crippen LogP) is 3.96. The van der Waals surface area contributed by atoms with Gasteiger partial charge in [0.1, 0.15) is 18.4 Å². The van der Waals surface area contributed by atoms with E-state index in [0.717, 1.165) is 15.9 Å². The van der Waals surface area contributed by atoms with Crippen LogP contribution < -0.4 is 9.62 Å². The fourth-order valence-electron chi connectivity index (χ4n) is 3.65. The lowest BCUT2D eigenvalue weighted by molar-refractivity contribution is -0.139. The zero-order chi connectivity index (χ0) is 26.3. The van der Waals surface area contributed by atoms with E-state index in [1.165, 1.54) is 35.2 Å². The Morgan fingerprint density at radius 1 is 0.861 bits per heavy atom. The quantitative estimate of drug-likeness (QED) is 0.446. The number of anilines is 1. The molecule has 0 radical (unpaired) electrons. The lowest BCUT2D eigenvalue weighted by Gasteiger charge is -2.32. The van der Waals surface area contributed by atoms with Crippen molar-refractivity contribution < 1.29 is 22.4 Å². The molecule has 0 fully saturated rings. The van der Waals surface area contributed by atoms with Crippen molar-refractivity contribution >= 4 is 27.5 Å². The monoisotopic (exact) mass is 511 g/mol. The molecule has 0 aromatic heterocycles. The van der Waals surface area contributed by atoms with Gasteiger partial charge < -0.3 is 10.2 Å². The van der Waals surface area contributed by atoms with Crippen molar-refractivity contribution in [3.63, 3.8) is 0 Å². The van der Waals surface area contributed by atoms with Gasteiger partial charge in [-0.3, -0.25) is 13.9 Å². The molecular formula is C27H30FN3O4S. The number of carbonyl (C=O) groups excluding carboxylic acids is 2. The Morgan fingerprint density at radius 3 is 2.00 bits per heavy atom. The van der Waals surface area contributed by atoms with E-state index < -0.39 is 34.3 Å². The van der Waals surface area contributed by atoms with Gasteiger partial charge in [-0.1, -0.05) is 60.7 Å². The number of amides is 2. The minimum absolute atomic E-state index is 0.0723. The van der Waals surface area contributed by atoms with Gasteiger partial charge in [0.25, 0.3) is 10.0 Å². The lowest BCUT2D eigenvalue weighted by Crippen LogP contribution is -2.52. The summed E-state index contributed by atoms with van der Waals surface area (Å²) in [6.45, 7) is 4.57. The van der Waals surface area contributed by atoms with Gasteiger partial charge in [0.15, 0.2) is 0 Å². The van der Waals surface area contributed by atoms with Crippen LogP contribution in [0.4, 0.5) is 10.1 Å². The highest BCUT2D eigenvalue weighted by Crippen LogP contribution is 2.26. The smallest absolute Gasteiger partial charge is 0.264 e. The van der Waals surface area contributed by atoms with Crippen LogP contribution >= 0.6 is 0 Å². The number of nitrogens with one attached hydrogen (secondary N) is 1. The van der Waals surface area contributed by atoms with Crippen LogP contribution in [-0.4, -0.2) is 43.8 Å². The topological polar surface area (TPSA) is 86.8 Å². The predicted molar refractivity (Wildman–Crippen MR) is 137 cm³/mol. The summed E-state index contributed by atoms with van der Waals surface area (Å²) < 4.78 is 42.7. The van der Waals surface area contributed by atoms with Crippen molar-refractivity contribution in [2.75, 3.05) is 10.8 Å². The molecular weight excluding hydrogens is 481 g/mol. The first-order valence-corrected chi connectivity index (χ1v) is 13.0. The van der Waals surface area contributed by atoms with E-state index in [1.54, 1.807) is 39.0 Å². The van der Waals surface area contributed by atoms with E-state index in [0.29, 0.717) is 0 Å². The molecule has 190 valence electrons. The third-order valence-electron chi connectivity index (χ3n) is 5.53. The maximum absolute atomic E-state index is 14.8. The van der Waals surface area contributed by atoms with Crippen LogP contribution in [0, 0.1) is 5.82 Å². The van der Waals surface area contributed by atoms with Gasteiger partial charge >= 0.3 is 0 Å². The SMILES string of the molecule is CC(C)NC(=O)[C@H](C)N(Cc1ccccc1)C(=O)CN(c1ccccc1F)S(=O)(=O)c1ccccc1. The average molecular weight is 512 g/mol. The van der Waals surface area contributed by atoms with Gasteiger partial charge in [-0.25, -0.2) is 12.8 Å². The molecule has 1 N–H and O–H groups in total. The molecule has 0 saturated heterocycles. The van der Waals surface area contributed by atoms with Gasteiger partial charge in [0.05, 0.1) is 10.6 Å². The summed E-state index contributed by atoms with van der Waals surface area (Å²) in [5.74, 6) is -1.81. The number of hydrogen-bond acceptors (Lipinski definition) is 4. The Kier molecular flexibility index (Phi) is 8.82. The first-order valence-electron chi connectivity index (χ1n) is 11.6. The summed E-state index contributed by atoms with van der Waals surface area (Å²) in [6, 6.07) is 20.9. The Morgan fingerprint density at radius 2 is 1.42 bits per heavy atom. The van der Waals surface area contributed by atoms with Gasteiger partial charge in [-0.15, -0.1) is 0 Å². The van der Waals surface area contributed by atoms with E-state index >= 15 is 0 Å². The highest BCUT2D eigenvalue weighted by molar-refractivity contribution is 7.92. The van der Waals surface area contributed by atoms with Crippen LogP contribution in [0.2, 0.25) is 0 Å². The number of nitrogens with zero attached hydrogens (tertiary/aromatic N) is 2. The zero-order valence-electron chi connectivity index (χ0n) is 20.5. The van der Waals surface area contributed by atoms with Crippen molar-refractivity contribution in [1.82, 2.24) is 10.2 Å². The number of rotatable bonds is 10. The molecule has 0 bridgehead atoms. The first kappa shape index (κ1) is 26.9. The molecule has 0 aliphatic carbocycles. The molecule has 36 heavy (non-hydrogen) atoms. The Labute approximate surface area is 211 Å². The van der Waals surface area contributed by atoms with E-state index in [9.17, 15) is 22.4 Å². The van der Waals surface area contributed by atoms with Gasteiger partial charge in [0, 0.05) is 12.6 Å². The van der Waals surface area contributed by atoms with Crippen LogP contribution in [-0.2, 0) is 26.2 Å². The standard InChI is InChI=1S/C27H30FN3O4S/c1-20(2)29-27(33)21(3)30(18-22-12-6-4-7-13-22)26(32)19-31(25-17-11-10-16-24(25)28)36(34,35)23-14-8-5-9-15-23/h4-17,20-21H,18-19H2,1-3H3,(H,29,33)/t21-/m0/s1. The second-order valence-corrected chi connectivity index (χ2v) is 10.5. The highest BCUT2D eigenvalue weighted by Gasteiger charge is 2.33. The van der Waals surface area contributed by atoms with Crippen molar-refractivity contribution in [2.24, 2.45) is 0 Å². The van der Waals surface area contributed by atoms with E-state index in [1.807, 2.05) is 30.3 Å². The number of para-hydroxylation sites is 1. The maximum Gasteiger partial charge on any atom is 0.264 e. The molecule has 3 aromatic carbocycles. The van der Waals surface area contributed by atoms with Gasteiger partial charge in [-0.2, -0.15) is 0 Å². The lowest BCUT2D eigenvalue weighted by atomic mass is 10.1. The second-order valence-electron chi connectivity index (χ2n) is 8.62. The summed E-state index contributed by atoms with van der Waals surface area (Å²) in [6.07, 6.45) is 0. The zero-order valence-corrected chi connectivity index (χ0v) is 21.3. The minimum atomic E-state index is -4.30. The summed E-state index contributed by atoms with van der Waals surface area (Å²) >= 11 is 0. The van der Waals surface area contributed by atoms with Crippen LogP contribution in [0.3, 0.4) is 0 Å². The molecule has 2 amide bonds. The van der Waals surface area contributed by atoms with Gasteiger partial charge in [-0.05, 0) is 50.6 Å². The molecule has 3 aromatic rings. The van der Waals surface area contributed by atoms with Crippen LogP contribution in [0.15, 0.2) is 89.8 Å². The van der Waals surface area contributed by atoms with Crippen molar-refractivity contribution in [2.45, 2.75) is 44.3 Å². The summed E-state index contributed by atoms with van der Waals surface area (Å²) in [5, 5.41) is 2.79. The van der Waals surface area contributed by atoms with Gasteiger partial charge in [0.2, 0.25) is 11.8 Å². The third kappa shape index (κ3) is 6.48. The number of benzene rings is 3. The summed E-state index contributed by atoms with van der Waals surface area (Å²) in [7, 11) is -4.30. The maximum atomic E-state index is 14.8. The molecule has 0 aliphatic heterocycles. The van der Waals surface area contributed by atoms with Crippen LogP contribution in [0.1, 0.15) is 26.3 Å². The molecule has 7 nitrogen and oxygen atoms in total. The molecule has 0 spiro atoms. The van der Waals surface area contributed by atoms with Crippen LogP contribution in [0.25, 0.3) is 0 Å². The molecule has 0 unspecified atom stereocenters. The number of halogens is 1. The third-order valence-corrected chi connectivity index (χ3v) is 7.30. The molecule has 3 rings (SSSR count). The second kappa shape index (κ2) is 11.8. The number of hydrogen-bond donors (Lipinski definition) is 1. The number of sulfonamides is 1. The van der Waals surface area contributed by atoms with E-state index in [2.05, 4.69) is 5.32 Å². The fourth-order valence-corrected chi connectivity index (χ4v) is 5.10. The minimum Gasteiger partial charge on any atom is -0.352 e. The molecule has 0 saturated carbocycles. The molecule has 9 heteroatoms. The van der Waals surface area contributed by atoms with E-state index in [-0.39, 0.29) is 29.1 Å². The normalized spacial score (nSPS) is 12.1. The fraction of sp³-hybridized carbons (Fsp3) is 0.259. The van der Waals surface area contributed by atoms with Crippen molar-refractivity contribution in [3.05, 3.63) is 96.3 Å². The van der Waals surface area contributed by atoms with Crippen LogP contribution in [0.5, 0.6) is 0 Å². The molecule has 0 aliphatic rings. The first-order chi connectivity index (χ1) is 17.1. The summed E-state index contributed by atoms with van der Waals surface area (Å²) in [4.78, 5) is 27.7. The molecule has 1 atom stereocenters. The molecule has 0 heterocycles. The Bertz CT molecular complexity index is 1280. The van der Waals surface area contributed by atoms with Crippen molar-refractivity contribution in [3.8, 4) is 0 Å². The van der Waals surface area contributed by atoms with E-state index in [4.69, 9.17) is 0 Å². The highest BCUT2D eigenvalue weighted by atomic mass is 32.2. The Balaban J connectivity index is 2.02.